The van der Waals surface area contributed by atoms with E-state index in [0.29, 0.717) is 12.1 Å². The summed E-state index contributed by atoms with van der Waals surface area (Å²) in [6.45, 7) is 2.80. The van der Waals surface area contributed by atoms with Crippen LogP contribution in [0.5, 0.6) is 0 Å². The fourth-order valence-corrected chi connectivity index (χ4v) is 2.78. The van der Waals surface area contributed by atoms with Crippen LogP contribution < -0.4 is 10.6 Å². The van der Waals surface area contributed by atoms with Gasteiger partial charge in [-0.2, -0.15) is 0 Å². The Labute approximate surface area is 164 Å². The predicted octanol–water partition coefficient (Wildman–Crippen LogP) is 4.88. The van der Waals surface area contributed by atoms with Gasteiger partial charge in [-0.1, -0.05) is 53.6 Å². The van der Waals surface area contributed by atoms with E-state index < -0.39 is 0 Å². The fourth-order valence-electron chi connectivity index (χ4n) is 2.65. The minimum absolute atomic E-state index is 0.0518. The molecule has 3 aromatic rings. The maximum atomic E-state index is 12.1. The molecule has 0 unspecified atom stereocenters. The molecule has 0 fully saturated rings. The standard InChI is InChI=1S/C22H22ClN3O/c1-16-2-4-18(5-3-16)14-22(27)26-20-10-11-21(25-15-20)24-13-12-17-6-8-19(23)9-7-17/h2-11,15H,12-14H2,1H3,(H,24,25)(H,26,27). The molecule has 0 radical (unpaired) electrons. The Balaban J connectivity index is 1.45. The zero-order valence-electron chi connectivity index (χ0n) is 15.2. The van der Waals surface area contributed by atoms with Gasteiger partial charge in [0.15, 0.2) is 0 Å². The van der Waals surface area contributed by atoms with Gasteiger partial charge in [-0.05, 0) is 48.7 Å². The summed E-state index contributed by atoms with van der Waals surface area (Å²) in [4.78, 5) is 16.5. The number of amides is 1. The summed E-state index contributed by atoms with van der Waals surface area (Å²) in [7, 11) is 0. The second-order valence-corrected chi connectivity index (χ2v) is 6.88. The summed E-state index contributed by atoms with van der Waals surface area (Å²) in [6, 6.07) is 19.5. The van der Waals surface area contributed by atoms with Crippen LogP contribution in [0.4, 0.5) is 11.5 Å². The summed E-state index contributed by atoms with van der Waals surface area (Å²) in [6.07, 6.45) is 2.90. The summed E-state index contributed by atoms with van der Waals surface area (Å²) < 4.78 is 0. The summed E-state index contributed by atoms with van der Waals surface area (Å²) in [5.74, 6) is 0.726. The van der Waals surface area contributed by atoms with Gasteiger partial charge >= 0.3 is 0 Å². The molecule has 0 bridgehead atoms. The van der Waals surface area contributed by atoms with Gasteiger partial charge in [-0.3, -0.25) is 4.79 Å². The molecule has 0 aliphatic heterocycles. The molecule has 0 aliphatic rings. The molecule has 0 spiro atoms. The number of anilines is 2. The predicted molar refractivity (Wildman–Crippen MR) is 111 cm³/mol. The highest BCUT2D eigenvalue weighted by atomic mass is 35.5. The van der Waals surface area contributed by atoms with E-state index in [4.69, 9.17) is 11.6 Å². The van der Waals surface area contributed by atoms with Gasteiger partial charge in [0.1, 0.15) is 5.82 Å². The van der Waals surface area contributed by atoms with Gasteiger partial charge in [0.05, 0.1) is 18.3 Å². The number of hydrogen-bond donors (Lipinski definition) is 2. The average Bonchev–Trinajstić information content (AvgIpc) is 2.67. The molecular weight excluding hydrogens is 358 g/mol. The number of nitrogens with one attached hydrogen (secondary N) is 2. The van der Waals surface area contributed by atoms with Crippen molar-refractivity contribution in [3.63, 3.8) is 0 Å². The fraction of sp³-hybridized carbons (Fsp3) is 0.182. The van der Waals surface area contributed by atoms with Crippen LogP contribution in [0.3, 0.4) is 0 Å². The number of carbonyl (C=O) groups excluding carboxylic acids is 1. The minimum Gasteiger partial charge on any atom is -0.370 e. The van der Waals surface area contributed by atoms with E-state index in [2.05, 4.69) is 15.6 Å². The van der Waals surface area contributed by atoms with Crippen LogP contribution in [0.15, 0.2) is 66.9 Å². The number of aromatic nitrogens is 1. The highest BCUT2D eigenvalue weighted by Gasteiger charge is 2.05. The largest absolute Gasteiger partial charge is 0.370 e. The van der Waals surface area contributed by atoms with Crippen LogP contribution in [-0.4, -0.2) is 17.4 Å². The van der Waals surface area contributed by atoms with E-state index in [-0.39, 0.29) is 5.91 Å². The molecule has 138 valence electrons. The van der Waals surface area contributed by atoms with Crippen molar-refractivity contribution in [1.82, 2.24) is 4.98 Å². The second kappa shape index (κ2) is 9.19. The summed E-state index contributed by atoms with van der Waals surface area (Å²) in [5.41, 5.74) is 4.08. The third-order valence-corrected chi connectivity index (χ3v) is 4.42. The Morgan fingerprint density at radius 1 is 0.963 bits per heavy atom. The number of halogens is 1. The number of carbonyl (C=O) groups is 1. The summed E-state index contributed by atoms with van der Waals surface area (Å²) >= 11 is 5.89. The zero-order valence-corrected chi connectivity index (χ0v) is 16.0. The van der Waals surface area contributed by atoms with Crippen molar-refractivity contribution in [2.75, 3.05) is 17.2 Å². The first-order chi connectivity index (χ1) is 13.1. The Hall–Kier alpha value is -2.85. The van der Waals surface area contributed by atoms with Gasteiger partial charge in [0.25, 0.3) is 0 Å². The summed E-state index contributed by atoms with van der Waals surface area (Å²) in [5, 5.41) is 6.90. The van der Waals surface area contributed by atoms with Crippen LogP contribution in [0, 0.1) is 6.92 Å². The van der Waals surface area contributed by atoms with Gasteiger partial charge in [0.2, 0.25) is 5.91 Å². The maximum Gasteiger partial charge on any atom is 0.228 e. The lowest BCUT2D eigenvalue weighted by Gasteiger charge is -2.08. The van der Waals surface area contributed by atoms with Crippen LogP contribution in [0.1, 0.15) is 16.7 Å². The molecule has 27 heavy (non-hydrogen) atoms. The lowest BCUT2D eigenvalue weighted by Crippen LogP contribution is -2.14. The van der Waals surface area contributed by atoms with Gasteiger partial charge in [-0.25, -0.2) is 4.98 Å². The van der Waals surface area contributed by atoms with Crippen molar-refractivity contribution in [3.8, 4) is 0 Å². The Kier molecular flexibility index (Phi) is 6.44. The first-order valence-electron chi connectivity index (χ1n) is 8.88. The smallest absolute Gasteiger partial charge is 0.228 e. The Morgan fingerprint density at radius 3 is 2.33 bits per heavy atom. The molecule has 0 saturated carbocycles. The van der Waals surface area contributed by atoms with Crippen molar-refractivity contribution >= 4 is 29.0 Å². The Bertz CT molecular complexity index is 875. The van der Waals surface area contributed by atoms with Gasteiger partial charge < -0.3 is 10.6 Å². The average molecular weight is 380 g/mol. The van der Waals surface area contributed by atoms with E-state index in [1.807, 2.05) is 67.6 Å². The highest BCUT2D eigenvalue weighted by Crippen LogP contribution is 2.13. The van der Waals surface area contributed by atoms with Gasteiger partial charge in [0, 0.05) is 11.6 Å². The molecule has 1 heterocycles. The maximum absolute atomic E-state index is 12.1. The molecule has 4 nitrogen and oxygen atoms in total. The molecule has 0 saturated heterocycles. The number of benzene rings is 2. The monoisotopic (exact) mass is 379 g/mol. The zero-order chi connectivity index (χ0) is 19.1. The molecular formula is C22H22ClN3O. The molecule has 1 aromatic heterocycles. The Morgan fingerprint density at radius 2 is 1.67 bits per heavy atom. The van der Waals surface area contributed by atoms with Gasteiger partial charge in [-0.15, -0.1) is 0 Å². The van der Waals surface area contributed by atoms with Crippen molar-refractivity contribution in [3.05, 3.63) is 88.6 Å². The quantitative estimate of drug-likeness (QED) is 0.615. The van der Waals surface area contributed by atoms with Crippen LogP contribution in [0.25, 0.3) is 0 Å². The van der Waals surface area contributed by atoms with E-state index in [1.54, 1.807) is 6.20 Å². The van der Waals surface area contributed by atoms with Crippen LogP contribution >= 0.6 is 11.6 Å². The van der Waals surface area contributed by atoms with E-state index in [0.717, 1.165) is 29.4 Å². The number of aryl methyl sites for hydroxylation is 1. The third kappa shape index (κ3) is 6.12. The lowest BCUT2D eigenvalue weighted by molar-refractivity contribution is -0.115. The number of rotatable bonds is 7. The van der Waals surface area contributed by atoms with E-state index >= 15 is 0 Å². The lowest BCUT2D eigenvalue weighted by atomic mass is 10.1. The minimum atomic E-state index is -0.0518. The first-order valence-corrected chi connectivity index (χ1v) is 9.26. The molecule has 0 aliphatic carbocycles. The SMILES string of the molecule is Cc1ccc(CC(=O)Nc2ccc(NCCc3ccc(Cl)cc3)nc2)cc1. The number of hydrogen-bond acceptors (Lipinski definition) is 3. The molecule has 2 N–H and O–H groups in total. The number of nitrogens with zero attached hydrogens (tertiary/aromatic N) is 1. The van der Waals surface area contributed by atoms with Crippen molar-refractivity contribution in [2.45, 2.75) is 19.8 Å². The normalized spacial score (nSPS) is 10.4. The molecule has 1 amide bonds. The van der Waals surface area contributed by atoms with E-state index in [9.17, 15) is 4.79 Å². The molecule has 5 heteroatoms. The first kappa shape index (κ1) is 18.9. The number of pyridine rings is 1. The molecule has 3 rings (SSSR count). The van der Waals surface area contributed by atoms with Crippen molar-refractivity contribution < 1.29 is 4.79 Å². The molecule has 0 atom stereocenters. The van der Waals surface area contributed by atoms with E-state index in [1.165, 1.54) is 11.1 Å². The van der Waals surface area contributed by atoms with Crippen molar-refractivity contribution in [1.29, 1.82) is 0 Å². The van der Waals surface area contributed by atoms with Crippen molar-refractivity contribution in [2.24, 2.45) is 0 Å². The third-order valence-electron chi connectivity index (χ3n) is 4.17. The van der Waals surface area contributed by atoms with Crippen LogP contribution in [-0.2, 0) is 17.6 Å². The molecule has 2 aromatic carbocycles. The second-order valence-electron chi connectivity index (χ2n) is 6.45. The highest BCUT2D eigenvalue weighted by molar-refractivity contribution is 6.30. The topological polar surface area (TPSA) is 54.0 Å². The van der Waals surface area contributed by atoms with Crippen LogP contribution in [0.2, 0.25) is 5.02 Å².